The van der Waals surface area contributed by atoms with Gasteiger partial charge in [-0.05, 0) is 24.8 Å². The van der Waals surface area contributed by atoms with Crippen molar-refractivity contribution >= 4 is 11.9 Å². The summed E-state index contributed by atoms with van der Waals surface area (Å²) >= 11 is 0. The second kappa shape index (κ2) is 7.92. The highest BCUT2D eigenvalue weighted by Gasteiger charge is 2.09. The minimum atomic E-state index is -0.192. The molecule has 6 heteroatoms. The van der Waals surface area contributed by atoms with Crippen LogP contribution in [0.3, 0.4) is 0 Å². The van der Waals surface area contributed by atoms with Crippen molar-refractivity contribution in [3.63, 3.8) is 0 Å². The molecular formula is C10H24N6. The van der Waals surface area contributed by atoms with Crippen molar-refractivity contribution in [1.29, 1.82) is 5.41 Å². The molecule has 2 atom stereocenters. The monoisotopic (exact) mass is 228 g/mol. The number of rotatable bonds is 6. The Morgan fingerprint density at radius 3 is 2.50 bits per heavy atom. The number of aliphatic imine (C=N–C) groups is 1. The van der Waals surface area contributed by atoms with E-state index in [0.29, 0.717) is 24.9 Å². The number of guanidine groups is 2. The smallest absolute Gasteiger partial charge is 0.195 e. The fourth-order valence-corrected chi connectivity index (χ4v) is 1.50. The molecule has 0 aromatic heterocycles. The van der Waals surface area contributed by atoms with Gasteiger partial charge < -0.3 is 17.2 Å². The summed E-state index contributed by atoms with van der Waals surface area (Å²) in [4.78, 5) is 4.11. The van der Waals surface area contributed by atoms with Gasteiger partial charge in [0.1, 0.15) is 0 Å². The number of hydrogen-bond donors (Lipinski definition) is 5. The molecule has 0 saturated carbocycles. The van der Waals surface area contributed by atoms with Crippen molar-refractivity contribution in [2.45, 2.75) is 26.7 Å². The third-order valence-electron chi connectivity index (χ3n) is 2.48. The molecule has 0 spiro atoms. The third kappa shape index (κ3) is 7.05. The third-order valence-corrected chi connectivity index (χ3v) is 2.48. The van der Waals surface area contributed by atoms with Gasteiger partial charge in [0.05, 0.1) is 0 Å². The second-order valence-electron chi connectivity index (χ2n) is 4.12. The Kier molecular flexibility index (Phi) is 7.28. The highest BCUT2D eigenvalue weighted by Crippen LogP contribution is 2.14. The molecule has 0 saturated heterocycles. The minimum Gasteiger partial charge on any atom is -0.370 e. The number of nitrogens with zero attached hydrogens (tertiary/aromatic N) is 1. The van der Waals surface area contributed by atoms with Gasteiger partial charge >= 0.3 is 0 Å². The van der Waals surface area contributed by atoms with Crippen LogP contribution >= 0.6 is 0 Å². The molecule has 0 aromatic rings. The summed E-state index contributed by atoms with van der Waals surface area (Å²) in [6.07, 6.45) is 2.13. The van der Waals surface area contributed by atoms with E-state index in [-0.39, 0.29) is 11.9 Å². The molecule has 2 unspecified atom stereocenters. The molecule has 0 aliphatic carbocycles. The predicted molar refractivity (Wildman–Crippen MR) is 68.2 cm³/mol. The SMILES string of the molecule is CCC(CN)CC(C)CN=C(N)NC(=N)N. The van der Waals surface area contributed by atoms with Crippen molar-refractivity contribution in [3.8, 4) is 0 Å². The molecule has 94 valence electrons. The van der Waals surface area contributed by atoms with E-state index in [0.717, 1.165) is 12.8 Å². The normalized spacial score (nSPS) is 15.6. The molecule has 0 aromatic carbocycles. The van der Waals surface area contributed by atoms with Crippen LogP contribution < -0.4 is 22.5 Å². The van der Waals surface area contributed by atoms with Crippen LogP contribution in [0.4, 0.5) is 0 Å². The zero-order chi connectivity index (χ0) is 12.6. The highest BCUT2D eigenvalue weighted by atomic mass is 15.2. The Bertz CT molecular complexity index is 233. The molecule has 0 aliphatic heterocycles. The van der Waals surface area contributed by atoms with Gasteiger partial charge in [-0.1, -0.05) is 20.3 Å². The Hall–Kier alpha value is -1.30. The zero-order valence-electron chi connectivity index (χ0n) is 10.2. The zero-order valence-corrected chi connectivity index (χ0v) is 10.2. The fourth-order valence-electron chi connectivity index (χ4n) is 1.50. The van der Waals surface area contributed by atoms with E-state index in [9.17, 15) is 0 Å². The fraction of sp³-hybridized carbons (Fsp3) is 0.800. The number of hydrogen-bond acceptors (Lipinski definition) is 3. The van der Waals surface area contributed by atoms with Gasteiger partial charge in [0.25, 0.3) is 0 Å². The van der Waals surface area contributed by atoms with Crippen molar-refractivity contribution in [2.24, 2.45) is 34.0 Å². The molecule has 16 heavy (non-hydrogen) atoms. The lowest BCUT2D eigenvalue weighted by Crippen LogP contribution is -2.41. The van der Waals surface area contributed by atoms with Gasteiger partial charge in [0.15, 0.2) is 11.9 Å². The summed E-state index contributed by atoms with van der Waals surface area (Å²) in [6.45, 7) is 5.59. The minimum absolute atomic E-state index is 0.192. The summed E-state index contributed by atoms with van der Waals surface area (Å²) in [5.41, 5.74) is 16.3. The van der Waals surface area contributed by atoms with Crippen LogP contribution in [0.1, 0.15) is 26.7 Å². The summed E-state index contributed by atoms with van der Waals surface area (Å²) < 4.78 is 0. The lowest BCUT2D eigenvalue weighted by atomic mass is 9.94. The maximum Gasteiger partial charge on any atom is 0.195 e. The topological polar surface area (TPSA) is 126 Å². The molecule has 6 nitrogen and oxygen atoms in total. The van der Waals surface area contributed by atoms with Crippen molar-refractivity contribution in [1.82, 2.24) is 5.32 Å². The molecular weight excluding hydrogens is 204 g/mol. The summed E-state index contributed by atoms with van der Waals surface area (Å²) in [5, 5.41) is 9.42. The average Bonchev–Trinajstić information content (AvgIpc) is 2.22. The molecule has 0 heterocycles. The molecule has 0 bridgehead atoms. The van der Waals surface area contributed by atoms with Crippen molar-refractivity contribution in [2.75, 3.05) is 13.1 Å². The first-order valence-electron chi connectivity index (χ1n) is 5.60. The molecule has 0 aliphatic rings. The number of nitrogens with one attached hydrogen (secondary N) is 2. The van der Waals surface area contributed by atoms with E-state index in [1.54, 1.807) is 0 Å². The van der Waals surface area contributed by atoms with Gasteiger partial charge in [-0.3, -0.25) is 15.7 Å². The van der Waals surface area contributed by atoms with Crippen molar-refractivity contribution in [3.05, 3.63) is 0 Å². The van der Waals surface area contributed by atoms with Gasteiger partial charge in [0, 0.05) is 6.54 Å². The Balaban J connectivity index is 3.95. The van der Waals surface area contributed by atoms with Crippen LogP contribution in [0, 0.1) is 17.2 Å². The van der Waals surface area contributed by atoms with E-state index in [1.165, 1.54) is 0 Å². The van der Waals surface area contributed by atoms with Crippen LogP contribution in [0.2, 0.25) is 0 Å². The van der Waals surface area contributed by atoms with Gasteiger partial charge in [-0.25, -0.2) is 0 Å². The van der Waals surface area contributed by atoms with Crippen LogP contribution in [-0.4, -0.2) is 25.0 Å². The first-order valence-corrected chi connectivity index (χ1v) is 5.60. The Labute approximate surface area is 97.2 Å². The van der Waals surface area contributed by atoms with Crippen LogP contribution in [-0.2, 0) is 0 Å². The van der Waals surface area contributed by atoms with E-state index < -0.39 is 0 Å². The van der Waals surface area contributed by atoms with Crippen LogP contribution in [0.15, 0.2) is 4.99 Å². The average molecular weight is 228 g/mol. The van der Waals surface area contributed by atoms with E-state index in [2.05, 4.69) is 24.2 Å². The molecule has 0 radical (unpaired) electrons. The molecule has 0 fully saturated rings. The molecule has 8 N–H and O–H groups in total. The van der Waals surface area contributed by atoms with E-state index >= 15 is 0 Å². The second-order valence-corrected chi connectivity index (χ2v) is 4.12. The summed E-state index contributed by atoms with van der Waals surface area (Å²) in [7, 11) is 0. The maximum atomic E-state index is 6.97. The quantitative estimate of drug-likeness (QED) is 0.318. The lowest BCUT2D eigenvalue weighted by Gasteiger charge is -2.16. The van der Waals surface area contributed by atoms with E-state index in [4.69, 9.17) is 22.6 Å². The van der Waals surface area contributed by atoms with Gasteiger partial charge in [-0.2, -0.15) is 0 Å². The first kappa shape index (κ1) is 14.7. The summed E-state index contributed by atoms with van der Waals surface area (Å²) in [5.74, 6) is 0.982. The van der Waals surface area contributed by atoms with E-state index in [1.807, 2.05) is 0 Å². The maximum absolute atomic E-state index is 6.97. The lowest BCUT2D eigenvalue weighted by molar-refractivity contribution is 0.393. The van der Waals surface area contributed by atoms with Crippen LogP contribution in [0.25, 0.3) is 0 Å². The first-order chi connectivity index (χ1) is 7.49. The standard InChI is InChI=1S/C10H24N6/c1-3-8(5-11)4-7(2)6-15-10(14)16-9(12)13/h7-8H,3-6,11H2,1-2H3,(H6,12,13,14,15,16). The molecule has 0 amide bonds. The van der Waals surface area contributed by atoms with Gasteiger partial charge in [-0.15, -0.1) is 0 Å². The number of nitrogens with two attached hydrogens (primary N) is 3. The highest BCUT2D eigenvalue weighted by molar-refractivity contribution is 5.95. The molecule has 0 rings (SSSR count). The Morgan fingerprint density at radius 1 is 1.44 bits per heavy atom. The summed E-state index contributed by atoms with van der Waals surface area (Å²) in [6, 6.07) is 0. The van der Waals surface area contributed by atoms with Gasteiger partial charge in [0.2, 0.25) is 0 Å². The Morgan fingerprint density at radius 2 is 2.06 bits per heavy atom. The largest absolute Gasteiger partial charge is 0.370 e. The predicted octanol–water partition coefficient (Wildman–Crippen LogP) is -0.205. The van der Waals surface area contributed by atoms with Crippen LogP contribution in [0.5, 0.6) is 0 Å². The van der Waals surface area contributed by atoms with Crippen molar-refractivity contribution < 1.29 is 0 Å².